The maximum atomic E-state index is 13.9. The van der Waals surface area contributed by atoms with Gasteiger partial charge in [0, 0.05) is 31.3 Å². The Labute approximate surface area is 209 Å². The zero-order valence-electron chi connectivity index (χ0n) is 21.2. The largest absolute Gasteiger partial charge is 0.510 e. The first-order chi connectivity index (χ1) is 16.9. The maximum Gasteiger partial charge on any atom is 0.255 e. The molecule has 10 nitrogen and oxygen atoms in total. The molecule has 0 saturated heterocycles. The predicted octanol–water partition coefficient (Wildman–Crippen LogP) is 1.27. The van der Waals surface area contributed by atoms with Crippen molar-refractivity contribution in [1.82, 2.24) is 4.90 Å². The lowest BCUT2D eigenvalue weighted by Gasteiger charge is -2.50. The Kier molecular flexibility index (Phi) is 6.38. The van der Waals surface area contributed by atoms with Crippen LogP contribution in [0.25, 0.3) is 0 Å². The molecule has 194 valence electrons. The molecule has 0 aromatic heterocycles. The second-order valence-corrected chi connectivity index (χ2v) is 10.1. The number of ketones is 2. The number of carbonyl (C=O) groups excluding carboxylic acids is 3. The van der Waals surface area contributed by atoms with E-state index in [0.29, 0.717) is 18.8 Å². The van der Waals surface area contributed by atoms with E-state index in [9.17, 15) is 29.7 Å². The van der Waals surface area contributed by atoms with Gasteiger partial charge in [-0.15, -0.1) is 0 Å². The number of primary amides is 1. The zero-order chi connectivity index (χ0) is 26.7. The number of Topliss-reactive ketones (excluding diaryl/α,β-unsaturated/α-hetero) is 2. The summed E-state index contributed by atoms with van der Waals surface area (Å²) < 4.78 is 5.86. The van der Waals surface area contributed by atoms with Crippen molar-refractivity contribution < 1.29 is 34.4 Å². The maximum absolute atomic E-state index is 13.9. The molecule has 1 unspecified atom stereocenters. The molecule has 10 heteroatoms. The van der Waals surface area contributed by atoms with Gasteiger partial charge in [0.2, 0.25) is 5.78 Å². The van der Waals surface area contributed by atoms with Crippen LogP contribution in [0.5, 0.6) is 5.75 Å². The van der Waals surface area contributed by atoms with Gasteiger partial charge in [-0.05, 0) is 57.0 Å². The van der Waals surface area contributed by atoms with Gasteiger partial charge in [0.1, 0.15) is 22.8 Å². The number of hydrogen-bond donors (Lipinski definition) is 4. The Morgan fingerprint density at radius 3 is 2.42 bits per heavy atom. The summed E-state index contributed by atoms with van der Waals surface area (Å²) in [6.07, 6.45) is 1.19. The van der Waals surface area contributed by atoms with Gasteiger partial charge in [-0.25, -0.2) is 0 Å². The SMILES string of the molecule is CCCOc1ccc(N(C)C)c2c1C(=O)C1=C(O)[C@]3(O)C(=O)C(C(N)=O)=C(O)C(N(C)C)[C@@H]3C[C@@H]1C2. The highest BCUT2D eigenvalue weighted by Gasteiger charge is 2.63. The molecular formula is C26H33N3O7. The average Bonchev–Trinajstić information content (AvgIpc) is 2.79. The molecule has 4 atom stereocenters. The van der Waals surface area contributed by atoms with Crippen molar-refractivity contribution in [3.8, 4) is 5.75 Å². The molecule has 0 bridgehead atoms. The third-order valence-corrected chi connectivity index (χ3v) is 7.51. The average molecular weight is 500 g/mol. The second kappa shape index (κ2) is 8.94. The lowest BCUT2D eigenvalue weighted by atomic mass is 9.58. The molecule has 4 rings (SSSR count). The van der Waals surface area contributed by atoms with E-state index in [4.69, 9.17) is 10.5 Å². The molecule has 5 N–H and O–H groups in total. The summed E-state index contributed by atoms with van der Waals surface area (Å²) >= 11 is 0. The minimum absolute atomic E-state index is 0.0745. The molecule has 0 heterocycles. The molecule has 1 aromatic carbocycles. The Balaban J connectivity index is 1.96. The van der Waals surface area contributed by atoms with Crippen molar-refractivity contribution in [3.63, 3.8) is 0 Å². The highest BCUT2D eigenvalue weighted by molar-refractivity contribution is 6.24. The van der Waals surface area contributed by atoms with Gasteiger partial charge in [0.05, 0.1) is 18.2 Å². The smallest absolute Gasteiger partial charge is 0.255 e. The van der Waals surface area contributed by atoms with E-state index in [2.05, 4.69) is 0 Å². The Morgan fingerprint density at radius 2 is 1.86 bits per heavy atom. The van der Waals surface area contributed by atoms with Crippen LogP contribution in [0.1, 0.15) is 35.7 Å². The number of nitrogens with two attached hydrogens (primary N) is 1. The molecule has 3 aliphatic rings. The van der Waals surface area contributed by atoms with Crippen LogP contribution in [0.15, 0.2) is 34.8 Å². The van der Waals surface area contributed by atoms with E-state index in [-0.39, 0.29) is 17.6 Å². The summed E-state index contributed by atoms with van der Waals surface area (Å²) in [6, 6.07) is 2.61. The molecule has 0 radical (unpaired) electrons. The fourth-order valence-corrected chi connectivity index (χ4v) is 5.97. The van der Waals surface area contributed by atoms with Gasteiger partial charge >= 0.3 is 0 Å². The number of ether oxygens (including phenoxy) is 1. The topological polar surface area (TPSA) is 154 Å². The molecule has 3 aliphatic carbocycles. The van der Waals surface area contributed by atoms with Crippen LogP contribution in [0.2, 0.25) is 0 Å². The molecule has 0 fully saturated rings. The van der Waals surface area contributed by atoms with Crippen LogP contribution in [0.4, 0.5) is 5.69 Å². The predicted molar refractivity (Wildman–Crippen MR) is 132 cm³/mol. The van der Waals surface area contributed by atoms with Crippen molar-refractivity contribution in [2.45, 2.75) is 37.8 Å². The number of fused-ring (bicyclic) bond motifs is 3. The molecule has 36 heavy (non-hydrogen) atoms. The summed E-state index contributed by atoms with van der Waals surface area (Å²) in [5.41, 5.74) is 3.81. The quantitative estimate of drug-likeness (QED) is 0.424. The Morgan fingerprint density at radius 1 is 1.19 bits per heavy atom. The van der Waals surface area contributed by atoms with Gasteiger partial charge < -0.3 is 30.7 Å². The van der Waals surface area contributed by atoms with Gasteiger partial charge in [-0.1, -0.05) is 6.92 Å². The third kappa shape index (κ3) is 3.50. The number of hydrogen-bond acceptors (Lipinski definition) is 9. The molecule has 1 aromatic rings. The van der Waals surface area contributed by atoms with Crippen molar-refractivity contribution in [1.29, 1.82) is 0 Å². The number of likely N-dealkylation sites (N-methyl/N-ethyl adjacent to an activating group) is 1. The normalized spacial score (nSPS) is 27.6. The van der Waals surface area contributed by atoms with Crippen LogP contribution >= 0.6 is 0 Å². The minimum Gasteiger partial charge on any atom is -0.510 e. The van der Waals surface area contributed by atoms with Crippen molar-refractivity contribution >= 4 is 23.2 Å². The van der Waals surface area contributed by atoms with Crippen LogP contribution < -0.4 is 15.4 Å². The first-order valence-corrected chi connectivity index (χ1v) is 12.0. The number of aliphatic hydroxyl groups is 3. The first kappa shape index (κ1) is 25.7. The van der Waals surface area contributed by atoms with Crippen LogP contribution in [-0.4, -0.2) is 84.1 Å². The summed E-state index contributed by atoms with van der Waals surface area (Å²) in [5.74, 6) is -5.48. The number of aliphatic hydroxyl groups excluding tert-OH is 2. The number of anilines is 1. The van der Waals surface area contributed by atoms with Crippen molar-refractivity contribution in [2.24, 2.45) is 17.6 Å². The lowest BCUT2D eigenvalue weighted by molar-refractivity contribution is -0.148. The fourth-order valence-electron chi connectivity index (χ4n) is 5.97. The zero-order valence-corrected chi connectivity index (χ0v) is 21.2. The number of carbonyl (C=O) groups is 3. The Bertz CT molecular complexity index is 1220. The van der Waals surface area contributed by atoms with Crippen LogP contribution in [-0.2, 0) is 16.0 Å². The number of rotatable bonds is 6. The minimum atomic E-state index is -2.59. The Hall–Kier alpha value is -3.37. The number of amides is 1. The van der Waals surface area contributed by atoms with Crippen molar-refractivity contribution in [2.75, 3.05) is 39.7 Å². The number of nitrogens with zero attached hydrogens (tertiary/aromatic N) is 2. The molecule has 1 amide bonds. The fraction of sp³-hybridized carbons (Fsp3) is 0.500. The monoisotopic (exact) mass is 499 g/mol. The highest BCUT2D eigenvalue weighted by atomic mass is 16.5. The molecule has 0 spiro atoms. The van der Waals surface area contributed by atoms with E-state index < -0.39 is 58.0 Å². The van der Waals surface area contributed by atoms with E-state index in [0.717, 1.165) is 17.7 Å². The third-order valence-electron chi connectivity index (χ3n) is 7.51. The summed E-state index contributed by atoms with van der Waals surface area (Å²) in [4.78, 5) is 42.8. The van der Waals surface area contributed by atoms with E-state index in [1.807, 2.05) is 32.0 Å². The summed E-state index contributed by atoms with van der Waals surface area (Å²) in [6.45, 7) is 2.33. The van der Waals surface area contributed by atoms with Gasteiger partial charge in [0.25, 0.3) is 5.91 Å². The lowest BCUT2D eigenvalue weighted by Crippen LogP contribution is -2.63. The van der Waals surface area contributed by atoms with Gasteiger partial charge in [-0.3, -0.25) is 19.3 Å². The highest BCUT2D eigenvalue weighted by Crippen LogP contribution is 2.53. The summed E-state index contributed by atoms with van der Waals surface area (Å²) in [7, 11) is 6.97. The second-order valence-electron chi connectivity index (χ2n) is 10.1. The van der Waals surface area contributed by atoms with E-state index in [1.165, 1.54) is 0 Å². The van der Waals surface area contributed by atoms with Gasteiger partial charge in [0.15, 0.2) is 11.4 Å². The van der Waals surface area contributed by atoms with E-state index >= 15 is 0 Å². The first-order valence-electron chi connectivity index (χ1n) is 12.0. The van der Waals surface area contributed by atoms with Crippen molar-refractivity contribution in [3.05, 3.63) is 45.9 Å². The number of allylic oxidation sites excluding steroid dienone is 1. The molecule has 0 saturated carbocycles. The van der Waals surface area contributed by atoms with Crippen LogP contribution in [0.3, 0.4) is 0 Å². The van der Waals surface area contributed by atoms with Gasteiger partial charge in [-0.2, -0.15) is 0 Å². The molecule has 0 aliphatic heterocycles. The summed E-state index contributed by atoms with van der Waals surface area (Å²) in [5, 5.41) is 34.0. The standard InChI is InChI=1S/C26H33N3O7/c1-6-9-36-16-8-7-15(28(2)3)13-10-12-11-14-20(29(4)5)22(31)19(25(27)34)24(33)26(14,35)23(32)17(12)21(30)18(13)16/h7-8,12,14,20,31-32,35H,6,9-11H2,1-5H3,(H2,27,34)/t12-,14-,20?,26-/m0/s1. The van der Waals surface area contributed by atoms with E-state index in [1.54, 1.807) is 25.1 Å². The number of benzene rings is 1. The molecular weight excluding hydrogens is 466 g/mol. The van der Waals surface area contributed by atoms with Crippen LogP contribution in [0, 0.1) is 11.8 Å².